The fourth-order valence-corrected chi connectivity index (χ4v) is 8.86. The number of benzene rings is 1. The monoisotopic (exact) mass is 779 g/mol. The highest BCUT2D eigenvalue weighted by Crippen LogP contribution is 2.40. The van der Waals surface area contributed by atoms with Crippen LogP contribution in [0.15, 0.2) is 48.7 Å². The number of hydrogen-bond acceptors (Lipinski definition) is 12. The molecule has 0 radical (unpaired) electrons. The fourth-order valence-electron chi connectivity index (χ4n) is 8.86. The van der Waals surface area contributed by atoms with E-state index in [2.05, 4.69) is 16.4 Å². The van der Waals surface area contributed by atoms with E-state index in [0.717, 1.165) is 16.5 Å². The van der Waals surface area contributed by atoms with E-state index in [1.54, 1.807) is 34.6 Å². The number of nitrogens with one attached hydrogen (secondary N) is 1. The van der Waals surface area contributed by atoms with Crippen LogP contribution in [0.4, 0.5) is 4.79 Å². The van der Waals surface area contributed by atoms with Crippen molar-refractivity contribution in [2.24, 2.45) is 23.7 Å². The van der Waals surface area contributed by atoms with Crippen molar-refractivity contribution in [1.82, 2.24) is 15.2 Å². The number of likely N-dealkylation sites (N-methyl/N-ethyl adjacent to an activating group) is 1. The average Bonchev–Trinajstić information content (AvgIpc) is 3.49. The highest BCUT2D eigenvalue weighted by Gasteiger charge is 2.57. The topological polar surface area (TPSA) is 163 Å². The molecule has 13 atom stereocenters. The Morgan fingerprint density at radius 2 is 1.73 bits per heavy atom. The van der Waals surface area contributed by atoms with Gasteiger partial charge in [-0.15, -0.1) is 0 Å². The molecule has 1 aromatic carbocycles. The van der Waals surface area contributed by atoms with Gasteiger partial charge in [-0.1, -0.05) is 51.1 Å². The lowest BCUT2D eigenvalue weighted by Crippen LogP contribution is -2.60. The smallest absolute Gasteiger partial charge is 0.408 e. The number of amides is 1. The number of methoxy groups -OCH3 is 1. The van der Waals surface area contributed by atoms with E-state index in [-0.39, 0.29) is 30.8 Å². The maximum Gasteiger partial charge on any atom is 0.408 e. The molecule has 13 nitrogen and oxygen atoms in total. The minimum Gasteiger partial charge on any atom is -0.457 e. The van der Waals surface area contributed by atoms with Crippen LogP contribution in [0.2, 0.25) is 0 Å². The van der Waals surface area contributed by atoms with Crippen LogP contribution in [0.1, 0.15) is 79.7 Å². The van der Waals surface area contributed by atoms with E-state index in [4.69, 9.17) is 23.7 Å². The molecule has 13 heteroatoms. The molecule has 5 rings (SSSR count). The van der Waals surface area contributed by atoms with Gasteiger partial charge in [0.2, 0.25) is 0 Å². The molecule has 2 N–H and O–H groups in total. The number of cyclic esters (lactones) is 1. The molecule has 0 bridgehead atoms. The van der Waals surface area contributed by atoms with Gasteiger partial charge in [-0.3, -0.25) is 19.4 Å². The van der Waals surface area contributed by atoms with Crippen LogP contribution in [-0.2, 0) is 44.5 Å². The molecular formula is C43H61N3O10. The Bertz CT molecular complexity index is 1770. The van der Waals surface area contributed by atoms with Gasteiger partial charge in [-0.25, -0.2) is 4.79 Å². The minimum atomic E-state index is -1.43. The van der Waals surface area contributed by atoms with E-state index >= 15 is 0 Å². The summed E-state index contributed by atoms with van der Waals surface area (Å²) in [4.78, 5) is 62.2. The van der Waals surface area contributed by atoms with Gasteiger partial charge in [-0.2, -0.15) is 0 Å². The SMILES string of the molecule is CO[C@]1(C)C[C@@H](C)C(=O)[C@H](C)C2NC(=O)O[C@]2(C)[C@@H](CCC=CCc2cnc3ccccc3c2)OC(=O)[C@H](C)C(=O)[C@H](C)C1OC1OC(C)CC(N(C)C)C1O. The number of fused-ring (bicyclic) bond motifs is 2. The van der Waals surface area contributed by atoms with Gasteiger partial charge >= 0.3 is 12.1 Å². The summed E-state index contributed by atoms with van der Waals surface area (Å²) in [6.45, 7) is 12.0. The number of aromatic nitrogens is 1. The number of carbonyl (C=O) groups is 4. The summed E-state index contributed by atoms with van der Waals surface area (Å²) >= 11 is 0. The van der Waals surface area contributed by atoms with Gasteiger partial charge in [0.25, 0.3) is 0 Å². The molecule has 4 heterocycles. The second kappa shape index (κ2) is 17.8. The van der Waals surface area contributed by atoms with Crippen molar-refractivity contribution in [2.75, 3.05) is 21.2 Å². The van der Waals surface area contributed by atoms with Crippen LogP contribution in [0.25, 0.3) is 10.9 Å². The molecule has 1 aromatic heterocycles. The molecule has 1 amide bonds. The lowest BCUT2D eigenvalue weighted by molar-refractivity contribution is -0.295. The Hall–Kier alpha value is -3.75. The van der Waals surface area contributed by atoms with Crippen molar-refractivity contribution in [3.63, 3.8) is 0 Å². The number of pyridine rings is 1. The van der Waals surface area contributed by atoms with E-state index in [0.29, 0.717) is 19.3 Å². The molecule has 0 spiro atoms. The van der Waals surface area contributed by atoms with Crippen molar-refractivity contribution in [3.05, 3.63) is 54.2 Å². The number of rotatable bonds is 9. The predicted octanol–water partition coefficient (Wildman–Crippen LogP) is 5.20. The Balaban J connectivity index is 1.44. The molecule has 3 aliphatic heterocycles. The minimum absolute atomic E-state index is 0.127. The van der Waals surface area contributed by atoms with Gasteiger partial charge in [0.15, 0.2) is 17.7 Å². The maximum atomic E-state index is 14.4. The number of alkyl carbamates (subject to hydrolysis) is 1. The number of ether oxygens (including phenoxy) is 5. The highest BCUT2D eigenvalue weighted by atomic mass is 16.7. The van der Waals surface area contributed by atoms with Crippen molar-refractivity contribution < 1.29 is 48.0 Å². The molecule has 0 saturated carbocycles. The van der Waals surface area contributed by atoms with Crippen molar-refractivity contribution >= 4 is 34.5 Å². The first-order valence-electron chi connectivity index (χ1n) is 19.9. The van der Waals surface area contributed by atoms with Gasteiger partial charge in [0, 0.05) is 42.5 Å². The first kappa shape index (κ1) is 43.4. The van der Waals surface area contributed by atoms with Crippen LogP contribution < -0.4 is 5.32 Å². The van der Waals surface area contributed by atoms with E-state index < -0.39 is 83.4 Å². The third-order valence-electron chi connectivity index (χ3n) is 12.3. The van der Waals surface area contributed by atoms with Crippen LogP contribution in [0.3, 0.4) is 0 Å². The lowest BCUT2D eigenvalue weighted by Gasteiger charge is -2.47. The summed E-state index contributed by atoms with van der Waals surface area (Å²) in [5.41, 5.74) is -0.730. The van der Waals surface area contributed by atoms with Gasteiger partial charge < -0.3 is 39.0 Å². The number of para-hydroxylation sites is 1. The highest BCUT2D eigenvalue weighted by molar-refractivity contribution is 6.00. The molecule has 3 saturated heterocycles. The normalized spacial score (nSPS) is 37.6. The summed E-state index contributed by atoms with van der Waals surface area (Å²) in [5.74, 6) is -5.04. The number of allylic oxidation sites excluding steroid dienone is 2. The fraction of sp³-hybridized carbons (Fsp3) is 0.651. The molecule has 6 unspecified atom stereocenters. The third-order valence-corrected chi connectivity index (χ3v) is 12.3. The molecule has 3 aliphatic rings. The average molecular weight is 780 g/mol. The molecule has 2 aromatic rings. The first-order chi connectivity index (χ1) is 26.4. The second-order valence-corrected chi connectivity index (χ2v) is 16.8. The van der Waals surface area contributed by atoms with Gasteiger partial charge in [-0.05, 0) is 91.6 Å². The van der Waals surface area contributed by atoms with Crippen molar-refractivity contribution in [2.45, 2.75) is 135 Å². The Morgan fingerprint density at radius 1 is 1.02 bits per heavy atom. The zero-order valence-corrected chi connectivity index (χ0v) is 34.5. The summed E-state index contributed by atoms with van der Waals surface area (Å²) < 4.78 is 30.9. The van der Waals surface area contributed by atoms with Crippen LogP contribution in [-0.4, -0.2) is 114 Å². The number of ketones is 2. The number of aliphatic hydroxyl groups is 1. The third kappa shape index (κ3) is 9.18. The number of esters is 1. The molecular weight excluding hydrogens is 718 g/mol. The number of carbonyl (C=O) groups excluding carboxylic acids is 4. The van der Waals surface area contributed by atoms with Crippen LogP contribution >= 0.6 is 0 Å². The number of hydrogen-bond donors (Lipinski definition) is 2. The molecule has 308 valence electrons. The van der Waals surface area contributed by atoms with E-state index in [1.165, 1.54) is 14.0 Å². The summed E-state index contributed by atoms with van der Waals surface area (Å²) in [6.07, 6.45) is 2.66. The number of Topliss-reactive ketones (excluding diaryl/α,β-unsaturated/α-hetero) is 2. The van der Waals surface area contributed by atoms with E-state index in [1.807, 2.05) is 68.5 Å². The number of aliphatic hydroxyl groups excluding tert-OH is 1. The molecule has 0 aliphatic carbocycles. The van der Waals surface area contributed by atoms with E-state index in [9.17, 15) is 24.3 Å². The Labute approximate surface area is 330 Å². The number of nitrogens with zero attached hydrogens (tertiary/aromatic N) is 2. The maximum absolute atomic E-state index is 14.4. The van der Waals surface area contributed by atoms with Gasteiger partial charge in [0.1, 0.15) is 23.9 Å². The summed E-state index contributed by atoms with van der Waals surface area (Å²) in [6, 6.07) is 8.87. The Kier molecular flexibility index (Phi) is 13.8. The van der Waals surface area contributed by atoms with Gasteiger partial charge in [0.05, 0.1) is 29.4 Å². The standard InChI is InChI=1S/C43H61N3O10/c1-24-22-42(6,52-10)38(55-40-36(49)32(46(8)9)20-25(2)53-40)27(4)35(48)28(5)39(50)54-33(43(7)37(26(3)34(24)47)45-41(51)56-43)19-13-11-12-16-29-21-30-17-14-15-18-31(30)44-23-29/h11-12,14-15,17-18,21,23-28,32-33,36-38,40,49H,13,16,19-20,22H2,1-10H3,(H,45,51)/t24-,25?,26+,27+,28-,32?,33-,36?,37?,38?,40?,42-,43-/m1/s1. The predicted molar refractivity (Wildman–Crippen MR) is 210 cm³/mol. The summed E-state index contributed by atoms with van der Waals surface area (Å²) in [7, 11) is 5.22. The quantitative estimate of drug-likeness (QED) is 0.195. The van der Waals surface area contributed by atoms with Crippen molar-refractivity contribution in [1.29, 1.82) is 0 Å². The molecule has 3 fully saturated rings. The summed E-state index contributed by atoms with van der Waals surface area (Å²) in [5, 5.41) is 15.3. The molecule has 56 heavy (non-hydrogen) atoms. The van der Waals surface area contributed by atoms with Crippen LogP contribution in [0, 0.1) is 23.7 Å². The first-order valence-corrected chi connectivity index (χ1v) is 19.9. The Morgan fingerprint density at radius 3 is 2.43 bits per heavy atom. The van der Waals surface area contributed by atoms with Crippen LogP contribution in [0.5, 0.6) is 0 Å². The zero-order chi connectivity index (χ0) is 41.1. The largest absolute Gasteiger partial charge is 0.457 e. The van der Waals surface area contributed by atoms with Crippen molar-refractivity contribution in [3.8, 4) is 0 Å². The zero-order valence-electron chi connectivity index (χ0n) is 34.5. The lowest BCUT2D eigenvalue weighted by atomic mass is 9.73. The second-order valence-electron chi connectivity index (χ2n) is 16.8.